The Labute approximate surface area is 121 Å². The fraction of sp³-hybridized carbons (Fsp3) is 0.538. The van der Waals surface area contributed by atoms with Gasteiger partial charge in [0.2, 0.25) is 0 Å². The van der Waals surface area contributed by atoms with E-state index in [0.29, 0.717) is 17.3 Å². The zero-order valence-corrected chi connectivity index (χ0v) is 12.5. The molecule has 104 valence electrons. The monoisotopic (exact) mass is 326 g/mol. The van der Waals surface area contributed by atoms with E-state index in [1.165, 1.54) is 19.3 Å². The summed E-state index contributed by atoms with van der Waals surface area (Å²) >= 11 is 3.31. The maximum absolute atomic E-state index is 12.1. The van der Waals surface area contributed by atoms with Crippen LogP contribution in [0, 0.1) is 11.8 Å². The molecule has 1 aromatic heterocycles. The summed E-state index contributed by atoms with van der Waals surface area (Å²) in [5.74, 6) is 6.98. The molecule has 0 radical (unpaired) electrons. The number of halogens is 1. The van der Waals surface area contributed by atoms with Gasteiger partial charge in [-0.2, -0.15) is 0 Å². The predicted molar refractivity (Wildman–Crippen MR) is 78.6 cm³/mol. The lowest BCUT2D eigenvalue weighted by Gasteiger charge is -2.13. The van der Waals surface area contributed by atoms with Gasteiger partial charge in [-0.15, -0.1) is 0 Å². The summed E-state index contributed by atoms with van der Waals surface area (Å²) in [5.41, 5.74) is 2.91. The van der Waals surface area contributed by atoms with E-state index in [2.05, 4.69) is 38.6 Å². The minimum absolute atomic E-state index is 0.138. The number of aromatic nitrogens is 1. The number of amides is 1. The van der Waals surface area contributed by atoms with Crippen LogP contribution in [0.4, 0.5) is 5.82 Å². The van der Waals surface area contributed by atoms with Gasteiger partial charge in [-0.3, -0.25) is 4.79 Å². The Morgan fingerprint density at radius 2 is 2.37 bits per heavy atom. The summed E-state index contributed by atoms with van der Waals surface area (Å²) in [6, 6.07) is 1.72. The SMILES string of the molecule is CC1CCC(CNC(=O)c2cc(Br)cnc2NN)C1. The molecule has 1 fully saturated rings. The maximum atomic E-state index is 12.1. The quantitative estimate of drug-likeness (QED) is 0.586. The largest absolute Gasteiger partial charge is 0.352 e. The van der Waals surface area contributed by atoms with Crippen LogP contribution in [-0.4, -0.2) is 17.4 Å². The summed E-state index contributed by atoms with van der Waals surface area (Å²) in [5, 5.41) is 2.97. The first-order chi connectivity index (χ1) is 9.10. The number of hydrogen-bond acceptors (Lipinski definition) is 4. The Bertz CT molecular complexity index is 466. The Hall–Kier alpha value is -1.14. The second-order valence-electron chi connectivity index (χ2n) is 5.19. The van der Waals surface area contributed by atoms with E-state index in [9.17, 15) is 4.79 Å². The van der Waals surface area contributed by atoms with Crippen LogP contribution < -0.4 is 16.6 Å². The predicted octanol–water partition coefficient (Wildman–Crippen LogP) is 2.30. The van der Waals surface area contributed by atoms with Gasteiger partial charge in [0.05, 0.1) is 5.56 Å². The molecule has 2 rings (SSSR count). The highest BCUT2D eigenvalue weighted by molar-refractivity contribution is 9.10. The van der Waals surface area contributed by atoms with Crippen LogP contribution in [-0.2, 0) is 0 Å². The molecule has 2 atom stereocenters. The summed E-state index contributed by atoms with van der Waals surface area (Å²) in [4.78, 5) is 16.2. The van der Waals surface area contributed by atoms with Gasteiger partial charge in [0, 0.05) is 17.2 Å². The first-order valence-corrected chi connectivity index (χ1v) is 7.29. The molecule has 1 aromatic rings. The van der Waals surface area contributed by atoms with E-state index < -0.39 is 0 Å². The van der Waals surface area contributed by atoms with Crippen molar-refractivity contribution < 1.29 is 4.79 Å². The Balaban J connectivity index is 1.97. The van der Waals surface area contributed by atoms with Crippen LogP contribution in [0.15, 0.2) is 16.7 Å². The van der Waals surface area contributed by atoms with Crippen molar-refractivity contribution in [3.05, 3.63) is 22.3 Å². The van der Waals surface area contributed by atoms with Crippen LogP contribution in [0.3, 0.4) is 0 Å². The van der Waals surface area contributed by atoms with Crippen LogP contribution in [0.2, 0.25) is 0 Å². The third kappa shape index (κ3) is 3.67. The molecule has 0 aromatic carbocycles. The molecular formula is C13H19BrN4O. The van der Waals surface area contributed by atoms with Crippen molar-refractivity contribution in [2.45, 2.75) is 26.2 Å². The van der Waals surface area contributed by atoms with E-state index in [-0.39, 0.29) is 5.91 Å². The molecule has 0 saturated heterocycles. The molecule has 1 saturated carbocycles. The number of carbonyl (C=O) groups excluding carboxylic acids is 1. The molecule has 6 heteroatoms. The highest BCUT2D eigenvalue weighted by atomic mass is 79.9. The van der Waals surface area contributed by atoms with E-state index in [1.54, 1.807) is 12.3 Å². The molecule has 2 unspecified atom stereocenters. The van der Waals surface area contributed by atoms with Gasteiger partial charge in [-0.25, -0.2) is 10.8 Å². The van der Waals surface area contributed by atoms with Crippen molar-refractivity contribution in [1.29, 1.82) is 0 Å². The van der Waals surface area contributed by atoms with Crippen molar-refractivity contribution in [3.8, 4) is 0 Å². The Morgan fingerprint density at radius 1 is 1.58 bits per heavy atom. The lowest BCUT2D eigenvalue weighted by molar-refractivity contribution is 0.0947. The number of anilines is 1. The normalized spacial score (nSPS) is 22.3. The summed E-state index contributed by atoms with van der Waals surface area (Å²) in [7, 11) is 0. The second-order valence-corrected chi connectivity index (χ2v) is 6.10. The molecule has 19 heavy (non-hydrogen) atoms. The second kappa shape index (κ2) is 6.34. The number of nitrogen functional groups attached to an aromatic ring is 1. The smallest absolute Gasteiger partial charge is 0.255 e. The number of nitrogens with one attached hydrogen (secondary N) is 2. The van der Waals surface area contributed by atoms with Crippen LogP contribution in [0.25, 0.3) is 0 Å². The van der Waals surface area contributed by atoms with Crippen LogP contribution in [0.1, 0.15) is 36.5 Å². The number of hydrogen-bond donors (Lipinski definition) is 3. The van der Waals surface area contributed by atoms with Crippen molar-refractivity contribution in [3.63, 3.8) is 0 Å². The summed E-state index contributed by atoms with van der Waals surface area (Å²) < 4.78 is 0.756. The highest BCUT2D eigenvalue weighted by Crippen LogP contribution is 2.29. The first kappa shape index (κ1) is 14.3. The number of nitrogens with zero attached hydrogens (tertiary/aromatic N) is 1. The Morgan fingerprint density at radius 3 is 3.00 bits per heavy atom. The van der Waals surface area contributed by atoms with Gasteiger partial charge in [0.15, 0.2) is 5.82 Å². The minimum Gasteiger partial charge on any atom is -0.352 e. The van der Waals surface area contributed by atoms with Crippen molar-refractivity contribution >= 4 is 27.7 Å². The number of pyridine rings is 1. The van der Waals surface area contributed by atoms with Crippen LogP contribution >= 0.6 is 15.9 Å². The van der Waals surface area contributed by atoms with Gasteiger partial charge in [0.1, 0.15) is 0 Å². The fourth-order valence-corrected chi connectivity index (χ4v) is 2.90. The third-order valence-corrected chi connectivity index (χ3v) is 4.02. The molecule has 0 aliphatic heterocycles. The molecule has 4 N–H and O–H groups in total. The van der Waals surface area contributed by atoms with E-state index >= 15 is 0 Å². The summed E-state index contributed by atoms with van der Waals surface area (Å²) in [6.45, 7) is 2.98. The zero-order chi connectivity index (χ0) is 13.8. The number of nitrogens with two attached hydrogens (primary N) is 1. The molecule has 0 spiro atoms. The number of hydrazine groups is 1. The third-order valence-electron chi connectivity index (χ3n) is 3.59. The minimum atomic E-state index is -0.138. The van der Waals surface area contributed by atoms with Gasteiger partial charge in [-0.1, -0.05) is 13.3 Å². The van der Waals surface area contributed by atoms with E-state index in [4.69, 9.17) is 5.84 Å². The number of rotatable bonds is 4. The lowest BCUT2D eigenvalue weighted by Crippen LogP contribution is -2.29. The molecule has 1 aliphatic rings. The average molecular weight is 327 g/mol. The molecule has 5 nitrogen and oxygen atoms in total. The fourth-order valence-electron chi connectivity index (χ4n) is 2.57. The van der Waals surface area contributed by atoms with Gasteiger partial charge in [-0.05, 0) is 46.7 Å². The Kier molecular flexibility index (Phi) is 4.76. The van der Waals surface area contributed by atoms with E-state index in [0.717, 1.165) is 16.9 Å². The van der Waals surface area contributed by atoms with Crippen LogP contribution in [0.5, 0.6) is 0 Å². The topological polar surface area (TPSA) is 80.0 Å². The molecule has 1 aliphatic carbocycles. The lowest BCUT2D eigenvalue weighted by atomic mass is 10.1. The van der Waals surface area contributed by atoms with Gasteiger partial charge < -0.3 is 10.7 Å². The van der Waals surface area contributed by atoms with Crippen molar-refractivity contribution in [2.24, 2.45) is 17.7 Å². The molecule has 1 heterocycles. The molecular weight excluding hydrogens is 308 g/mol. The maximum Gasteiger partial charge on any atom is 0.255 e. The number of carbonyl (C=O) groups is 1. The van der Waals surface area contributed by atoms with Gasteiger partial charge in [0.25, 0.3) is 5.91 Å². The molecule has 0 bridgehead atoms. The van der Waals surface area contributed by atoms with Crippen molar-refractivity contribution in [1.82, 2.24) is 10.3 Å². The van der Waals surface area contributed by atoms with E-state index in [1.807, 2.05) is 0 Å². The first-order valence-electron chi connectivity index (χ1n) is 6.50. The average Bonchev–Trinajstić information content (AvgIpc) is 2.81. The van der Waals surface area contributed by atoms with Crippen molar-refractivity contribution in [2.75, 3.05) is 12.0 Å². The molecule has 1 amide bonds. The highest BCUT2D eigenvalue weighted by Gasteiger charge is 2.22. The summed E-state index contributed by atoms with van der Waals surface area (Å²) in [6.07, 6.45) is 5.25. The standard InChI is InChI=1S/C13H19BrN4O/c1-8-2-3-9(4-8)6-17-13(19)11-5-10(14)7-16-12(11)18-15/h5,7-9H,2-4,6,15H2,1H3,(H,16,18)(H,17,19). The van der Waals surface area contributed by atoms with Gasteiger partial charge >= 0.3 is 0 Å². The zero-order valence-electron chi connectivity index (χ0n) is 10.9.